The summed E-state index contributed by atoms with van der Waals surface area (Å²) in [6.45, 7) is 3.65. The van der Waals surface area contributed by atoms with Crippen LogP contribution in [0.15, 0.2) is 42.5 Å². The molecule has 0 aliphatic carbocycles. The van der Waals surface area contributed by atoms with E-state index in [9.17, 15) is 28.2 Å². The number of piperidine rings is 1. The number of hydrogen-bond donors (Lipinski definition) is 6. The third-order valence-corrected chi connectivity index (χ3v) is 6.58. The quantitative estimate of drug-likeness (QED) is 0.181. The Morgan fingerprint density at radius 3 is 2.45 bits per heavy atom. The van der Waals surface area contributed by atoms with Crippen LogP contribution in [0, 0.1) is 0 Å². The van der Waals surface area contributed by atoms with Crippen molar-refractivity contribution in [1.82, 2.24) is 10.6 Å². The van der Waals surface area contributed by atoms with Gasteiger partial charge in [-0.1, -0.05) is 6.07 Å². The highest BCUT2D eigenvalue weighted by Gasteiger charge is 2.21. The Morgan fingerprint density at radius 2 is 1.82 bits per heavy atom. The SMILES string of the molecule is CCOC(=O)CNC(=O)Nc1ccc(N2CCC(NC[C@H](O)c3ccc(O)c(NS(C)(=O)=O)c3)CC2)cc1. The molecule has 6 N–H and O–H groups in total. The van der Waals surface area contributed by atoms with Crippen molar-refractivity contribution >= 4 is 39.1 Å². The minimum atomic E-state index is -3.56. The van der Waals surface area contributed by atoms with Crippen molar-refractivity contribution in [2.75, 3.05) is 54.0 Å². The summed E-state index contributed by atoms with van der Waals surface area (Å²) in [6.07, 6.45) is 1.84. The monoisotopic (exact) mass is 549 g/mol. The van der Waals surface area contributed by atoms with Crippen LogP contribution in [0.4, 0.5) is 21.9 Å². The number of nitrogens with one attached hydrogen (secondary N) is 4. The minimum Gasteiger partial charge on any atom is -0.506 e. The van der Waals surface area contributed by atoms with Crippen molar-refractivity contribution in [2.45, 2.75) is 31.9 Å². The molecule has 1 saturated heterocycles. The largest absolute Gasteiger partial charge is 0.506 e. The number of anilines is 3. The summed E-state index contributed by atoms with van der Waals surface area (Å²) in [5.74, 6) is -0.713. The highest BCUT2D eigenvalue weighted by molar-refractivity contribution is 7.92. The van der Waals surface area contributed by atoms with Crippen molar-refractivity contribution in [2.24, 2.45) is 0 Å². The van der Waals surface area contributed by atoms with Crippen LogP contribution >= 0.6 is 0 Å². The second-order valence-corrected chi connectivity index (χ2v) is 10.7. The summed E-state index contributed by atoms with van der Waals surface area (Å²) in [5.41, 5.74) is 2.14. The number of carbonyl (C=O) groups is 2. The van der Waals surface area contributed by atoms with Gasteiger partial charge >= 0.3 is 12.0 Å². The molecule has 0 aromatic heterocycles. The van der Waals surface area contributed by atoms with Gasteiger partial charge in [0.1, 0.15) is 12.3 Å². The van der Waals surface area contributed by atoms with E-state index in [4.69, 9.17) is 4.74 Å². The highest BCUT2D eigenvalue weighted by Crippen LogP contribution is 2.28. The maximum Gasteiger partial charge on any atom is 0.325 e. The van der Waals surface area contributed by atoms with Crippen LogP contribution in [0.1, 0.15) is 31.4 Å². The molecule has 1 atom stereocenters. The summed E-state index contributed by atoms with van der Waals surface area (Å²) in [5, 5.41) is 28.9. The van der Waals surface area contributed by atoms with Crippen molar-refractivity contribution in [1.29, 1.82) is 0 Å². The number of aliphatic hydroxyl groups is 1. The molecule has 0 unspecified atom stereocenters. The summed E-state index contributed by atoms with van der Waals surface area (Å²) >= 11 is 0. The lowest BCUT2D eigenvalue weighted by Gasteiger charge is -2.34. The van der Waals surface area contributed by atoms with Gasteiger partial charge < -0.3 is 35.8 Å². The lowest BCUT2D eigenvalue weighted by Crippen LogP contribution is -2.43. The molecule has 1 fully saturated rings. The molecule has 0 bridgehead atoms. The highest BCUT2D eigenvalue weighted by atomic mass is 32.2. The van der Waals surface area contributed by atoms with Crippen LogP contribution in [-0.4, -0.2) is 75.7 Å². The van der Waals surface area contributed by atoms with Crippen molar-refractivity contribution in [3.63, 3.8) is 0 Å². The molecular weight excluding hydrogens is 514 g/mol. The average Bonchev–Trinajstić information content (AvgIpc) is 2.87. The van der Waals surface area contributed by atoms with E-state index in [1.54, 1.807) is 25.1 Å². The summed E-state index contributed by atoms with van der Waals surface area (Å²) in [7, 11) is -3.56. The smallest absolute Gasteiger partial charge is 0.325 e. The Kier molecular flexibility index (Phi) is 10.2. The van der Waals surface area contributed by atoms with Gasteiger partial charge in [-0.2, -0.15) is 0 Å². The van der Waals surface area contributed by atoms with Crippen molar-refractivity contribution in [3.8, 4) is 5.75 Å². The molecule has 2 aromatic rings. The van der Waals surface area contributed by atoms with Gasteiger partial charge in [-0.25, -0.2) is 13.2 Å². The zero-order chi connectivity index (χ0) is 27.7. The molecule has 3 rings (SSSR count). The predicted molar refractivity (Wildman–Crippen MR) is 145 cm³/mol. The number of phenolic OH excluding ortho intramolecular Hbond substituents is 1. The lowest BCUT2D eigenvalue weighted by molar-refractivity contribution is -0.141. The summed E-state index contributed by atoms with van der Waals surface area (Å²) in [4.78, 5) is 25.5. The molecule has 38 heavy (non-hydrogen) atoms. The van der Waals surface area contributed by atoms with Crippen LogP contribution in [0.3, 0.4) is 0 Å². The molecular formula is C25H35N5O7S. The third kappa shape index (κ3) is 9.08. The molecule has 0 radical (unpaired) electrons. The second-order valence-electron chi connectivity index (χ2n) is 9.00. The molecule has 2 amide bonds. The Bertz CT molecular complexity index is 1200. The first-order valence-corrected chi connectivity index (χ1v) is 14.2. The van der Waals surface area contributed by atoms with Gasteiger partial charge in [0, 0.05) is 37.1 Å². The van der Waals surface area contributed by atoms with Gasteiger partial charge in [-0.3, -0.25) is 9.52 Å². The fourth-order valence-electron chi connectivity index (χ4n) is 4.08. The fourth-order valence-corrected chi connectivity index (χ4v) is 4.64. The van der Waals surface area contributed by atoms with Crippen molar-refractivity contribution < 1.29 is 33.0 Å². The van der Waals surface area contributed by atoms with Gasteiger partial charge in [-0.05, 0) is 61.7 Å². The number of amides is 2. The van der Waals surface area contributed by atoms with Crippen molar-refractivity contribution in [3.05, 3.63) is 48.0 Å². The molecule has 0 spiro atoms. The number of hydrogen-bond acceptors (Lipinski definition) is 9. The summed E-state index contributed by atoms with van der Waals surface area (Å²) in [6, 6.07) is 11.5. The van der Waals surface area contributed by atoms with Crippen LogP contribution in [-0.2, 0) is 19.6 Å². The Hall–Kier alpha value is -3.55. The number of esters is 1. The van der Waals surface area contributed by atoms with Gasteiger partial charge in [-0.15, -0.1) is 0 Å². The predicted octanol–water partition coefficient (Wildman–Crippen LogP) is 1.74. The second kappa shape index (κ2) is 13.3. The number of phenols is 1. The fraction of sp³-hybridized carbons (Fsp3) is 0.440. The molecule has 1 heterocycles. The maximum absolute atomic E-state index is 11.9. The molecule has 13 heteroatoms. The standard InChI is InChI=1S/C25H35N5O7S/c1-3-37-24(33)16-27-25(34)28-19-5-7-20(8-6-19)30-12-10-18(11-13-30)26-15-23(32)17-4-9-22(31)21(14-17)29-38(2,35)36/h4-9,14,18,23,26,29,31-32H,3,10-13,15-16H2,1-2H3,(H2,27,28,34)/t23-/m0/s1. The Labute approximate surface area is 222 Å². The number of ether oxygens (including phenoxy) is 1. The van der Waals surface area contributed by atoms with Gasteiger partial charge in [0.2, 0.25) is 10.0 Å². The molecule has 12 nitrogen and oxygen atoms in total. The zero-order valence-corrected chi connectivity index (χ0v) is 22.3. The van der Waals surface area contributed by atoms with E-state index in [-0.39, 0.29) is 37.2 Å². The van der Waals surface area contributed by atoms with E-state index >= 15 is 0 Å². The first-order valence-electron chi connectivity index (χ1n) is 12.3. The number of benzene rings is 2. The summed E-state index contributed by atoms with van der Waals surface area (Å²) < 4.78 is 30.0. The van der Waals surface area contributed by atoms with E-state index in [2.05, 4.69) is 25.6 Å². The van der Waals surface area contributed by atoms with Gasteiger partial charge in [0.05, 0.1) is 24.7 Å². The normalized spacial score (nSPS) is 15.0. The van der Waals surface area contributed by atoms with E-state index in [1.165, 1.54) is 12.1 Å². The van der Waals surface area contributed by atoms with E-state index < -0.39 is 28.1 Å². The molecule has 1 aliphatic rings. The number of nitrogens with zero attached hydrogens (tertiary/aromatic N) is 1. The first-order chi connectivity index (χ1) is 18.0. The average molecular weight is 550 g/mol. The van der Waals surface area contributed by atoms with Gasteiger partial charge in [0.25, 0.3) is 0 Å². The van der Waals surface area contributed by atoms with Crippen LogP contribution in [0.5, 0.6) is 5.75 Å². The number of carbonyl (C=O) groups excluding carboxylic acids is 2. The van der Waals surface area contributed by atoms with E-state index in [0.29, 0.717) is 11.3 Å². The minimum absolute atomic E-state index is 0.0240. The van der Waals surface area contributed by atoms with E-state index in [1.807, 2.05) is 12.1 Å². The topological polar surface area (TPSA) is 169 Å². The number of aliphatic hydroxyl groups excluding tert-OH is 1. The molecule has 0 saturated carbocycles. The molecule has 1 aliphatic heterocycles. The van der Waals surface area contributed by atoms with Crippen LogP contribution in [0.25, 0.3) is 0 Å². The number of rotatable bonds is 11. The van der Waals surface area contributed by atoms with Gasteiger partial charge in [0.15, 0.2) is 0 Å². The Morgan fingerprint density at radius 1 is 1.13 bits per heavy atom. The number of aromatic hydroxyl groups is 1. The van der Waals surface area contributed by atoms with Crippen LogP contribution < -0.4 is 25.6 Å². The molecule has 2 aromatic carbocycles. The van der Waals surface area contributed by atoms with E-state index in [0.717, 1.165) is 37.9 Å². The maximum atomic E-state index is 11.9. The Balaban J connectivity index is 1.43. The lowest BCUT2D eigenvalue weighted by atomic mass is 10.0. The number of urea groups is 1. The molecule has 208 valence electrons. The zero-order valence-electron chi connectivity index (χ0n) is 21.4. The first kappa shape index (κ1) is 29.0. The number of sulfonamides is 1. The third-order valence-electron chi connectivity index (χ3n) is 5.98. The van der Waals surface area contributed by atoms with Crippen LogP contribution in [0.2, 0.25) is 0 Å².